The first-order valence-corrected chi connectivity index (χ1v) is 34.4. The molecule has 2 saturated carbocycles. The summed E-state index contributed by atoms with van der Waals surface area (Å²) in [5, 5.41) is 157. The molecule has 6 aliphatic rings. The summed E-state index contributed by atoms with van der Waals surface area (Å²) in [6.45, 7) is -2.37. The molecule has 2 aliphatic carbocycles. The minimum absolute atomic E-state index is 0.000232. The van der Waals surface area contributed by atoms with E-state index < -0.39 is 246 Å². The largest absolute Gasteiger partial charge is 0.492 e. The van der Waals surface area contributed by atoms with Crippen LogP contribution < -0.4 is 20.7 Å². The van der Waals surface area contributed by atoms with Gasteiger partial charge in [0.05, 0.1) is 123 Å². The summed E-state index contributed by atoms with van der Waals surface area (Å²) in [7, 11) is 4.34. The fourth-order valence-electron chi connectivity index (χ4n) is 13.1. The third-order valence-corrected chi connectivity index (χ3v) is 19.1. The number of rotatable bonds is 35. The molecular formula is C65H101N3O36. The molecule has 4 aliphatic heterocycles. The van der Waals surface area contributed by atoms with E-state index in [9.17, 15) is 105 Å². The zero-order chi connectivity index (χ0) is 76.2. The molecule has 1 aromatic rings. The number of hydrogen-bond donors (Lipinski definition) is 17. The van der Waals surface area contributed by atoms with Crippen molar-refractivity contribution in [3.05, 3.63) is 29.3 Å². The first kappa shape index (κ1) is 85.6. The molecule has 0 aromatic heterocycles. The summed E-state index contributed by atoms with van der Waals surface area (Å²) in [6, 6.07) is 3.80. The second-order valence-electron chi connectivity index (χ2n) is 26.0. The zero-order valence-corrected chi connectivity index (χ0v) is 58.1. The van der Waals surface area contributed by atoms with Crippen molar-refractivity contribution >= 4 is 41.6 Å². The van der Waals surface area contributed by atoms with Crippen LogP contribution in [0.3, 0.4) is 0 Å². The molecule has 0 bridgehead atoms. The van der Waals surface area contributed by atoms with Gasteiger partial charge in [0.15, 0.2) is 25.2 Å². The number of esters is 4. The van der Waals surface area contributed by atoms with Crippen LogP contribution in [0.2, 0.25) is 0 Å². The van der Waals surface area contributed by atoms with Crippen LogP contribution in [0, 0.1) is 23.7 Å². The number of methoxy groups -OCH3 is 4. The Morgan fingerprint density at radius 1 is 0.404 bits per heavy atom. The van der Waals surface area contributed by atoms with Crippen LogP contribution in [0.1, 0.15) is 85.4 Å². The van der Waals surface area contributed by atoms with Crippen LogP contribution in [0.4, 0.5) is 0 Å². The number of aliphatic hydroxyl groups is 14. The fraction of sp³-hybridized carbons (Fsp3) is 0.800. The smallest absolute Gasteiger partial charge is 0.309 e. The Kier molecular flexibility index (Phi) is 33.8. The third-order valence-electron chi connectivity index (χ3n) is 19.1. The van der Waals surface area contributed by atoms with Gasteiger partial charge in [-0.2, -0.15) is 0 Å². The van der Waals surface area contributed by atoms with Crippen LogP contribution in [0.15, 0.2) is 18.2 Å². The van der Waals surface area contributed by atoms with Crippen LogP contribution in [0.25, 0.3) is 0 Å². The van der Waals surface area contributed by atoms with Gasteiger partial charge in [0.2, 0.25) is 5.91 Å². The Morgan fingerprint density at radius 3 is 1.12 bits per heavy atom. The highest BCUT2D eigenvalue weighted by Crippen LogP contribution is 2.40. The van der Waals surface area contributed by atoms with Gasteiger partial charge < -0.3 is 158 Å². The molecule has 12 unspecified atom stereocenters. The SMILES string of the molecule is CCCCCCC(=O)NCCOc1cc(C(=O)NCCO[C@H]2OC(CO[C@H]3CC(C(=O)OC)[C@@H](C(=O)OC)CC3O[C@H]3OC(CO)[C@@H](O)[C@H](O)C3O)[C@@H](O)[C@H](O)C2O)cc(C(=O)NCCO[C@H]2OC(CO[C@H]3CC(C(=O)OC)[C@@H](C(=O)OC)CC3O[C@H]3OC(CO)[C@@H](O)[C@H](O)C3O)[C@@H](O)[C@H](O)C2O)c1. The lowest BCUT2D eigenvalue weighted by atomic mass is 9.76. The Labute approximate surface area is 597 Å². The third kappa shape index (κ3) is 22.0. The molecule has 28 atom stereocenters. The Bertz CT molecular complexity index is 2730. The maximum atomic E-state index is 13.9. The molecule has 7 rings (SSSR count). The maximum Gasteiger partial charge on any atom is 0.309 e. The summed E-state index contributed by atoms with van der Waals surface area (Å²) < 4.78 is 84.2. The number of amides is 3. The van der Waals surface area contributed by atoms with Crippen molar-refractivity contribution < 1.29 is 176 Å². The zero-order valence-electron chi connectivity index (χ0n) is 58.1. The number of ether oxygens (including phenoxy) is 15. The van der Waals surface area contributed by atoms with Crippen molar-refractivity contribution in [3.8, 4) is 5.75 Å². The van der Waals surface area contributed by atoms with Gasteiger partial charge in [-0.05, 0) is 50.3 Å². The summed E-state index contributed by atoms with van der Waals surface area (Å²) in [6.07, 6.45) is -37.6. The lowest BCUT2D eigenvalue weighted by molar-refractivity contribution is -0.326. The van der Waals surface area contributed by atoms with Crippen molar-refractivity contribution in [2.75, 3.05) is 94.3 Å². The molecule has 1 aromatic carbocycles. The highest BCUT2D eigenvalue weighted by atomic mass is 16.7. The van der Waals surface area contributed by atoms with Crippen LogP contribution in [-0.4, -0.2) is 355 Å². The van der Waals surface area contributed by atoms with E-state index in [1.165, 1.54) is 18.2 Å². The molecule has 0 spiro atoms. The number of unbranched alkanes of at least 4 members (excludes halogenated alkanes) is 3. The van der Waals surface area contributed by atoms with Gasteiger partial charge in [-0.15, -0.1) is 0 Å². The highest BCUT2D eigenvalue weighted by molar-refractivity contribution is 6.00. The lowest BCUT2D eigenvalue weighted by Gasteiger charge is -2.45. The van der Waals surface area contributed by atoms with E-state index in [0.29, 0.717) is 6.42 Å². The monoisotopic (exact) mass is 1500 g/mol. The van der Waals surface area contributed by atoms with Crippen LogP contribution in [0.5, 0.6) is 5.75 Å². The standard InChI is InChI=1S/C65H101N3O36/c1-6-7-8-9-10-43(71)66-11-14-94-30-18-28(56(84)67-12-15-95-62-52(80)50(78)46(74)41(103-62)26-97-35-20-31(58(86)90-2)33(60(88)92-4)22-37(35)99-64-54(82)48(76)44(72)39(24-69)101-64)17-29(19-30)57(85)68-13-16-96-63-53(81)51(79)47(75)42(104-63)27-98-36-21-32(59(87)91-3)34(61(89)93-5)23-38(36)100-65-55(83)49(77)45(73)40(25-70)102-65/h17-19,31-42,44-55,62-65,69-70,72-83H,6-16,20-27H2,1-5H3,(H,66,71)(H,67,84)(H,68,85)/t31?,32?,33-,34-,35-,36-,37?,38?,39?,40?,41?,42?,44+,45+,46+,47+,48-,49-,50-,51-,52?,53?,54?,55?,62-,63-,64-,65-/m0/s1. The summed E-state index contributed by atoms with van der Waals surface area (Å²) >= 11 is 0. The van der Waals surface area contributed by atoms with Crippen molar-refractivity contribution in [1.29, 1.82) is 0 Å². The quantitative estimate of drug-likeness (QED) is 0.0170. The van der Waals surface area contributed by atoms with E-state index in [1.807, 2.05) is 6.92 Å². The molecule has 4 saturated heterocycles. The Morgan fingerprint density at radius 2 is 0.750 bits per heavy atom. The molecule has 0 radical (unpaired) electrons. The summed E-state index contributed by atoms with van der Waals surface area (Å²) in [4.78, 5) is 92.4. The van der Waals surface area contributed by atoms with Crippen molar-refractivity contribution in [3.63, 3.8) is 0 Å². The molecule has 6 fully saturated rings. The van der Waals surface area contributed by atoms with Gasteiger partial charge in [0, 0.05) is 30.6 Å². The van der Waals surface area contributed by atoms with E-state index in [0.717, 1.165) is 47.7 Å². The number of aliphatic hydroxyl groups excluding tert-OH is 14. The fourth-order valence-corrected chi connectivity index (χ4v) is 13.1. The summed E-state index contributed by atoms with van der Waals surface area (Å²) in [5.74, 6) is -9.99. The minimum Gasteiger partial charge on any atom is -0.492 e. The lowest BCUT2D eigenvalue weighted by Crippen LogP contribution is -2.61. The minimum atomic E-state index is -1.93. The molecule has 592 valence electrons. The molecule has 39 heteroatoms. The first-order valence-electron chi connectivity index (χ1n) is 34.4. The van der Waals surface area contributed by atoms with Gasteiger partial charge >= 0.3 is 23.9 Å². The van der Waals surface area contributed by atoms with E-state index in [4.69, 9.17) is 71.1 Å². The number of benzene rings is 1. The molecular weight excluding hydrogens is 1400 g/mol. The first-order chi connectivity index (χ1) is 49.6. The van der Waals surface area contributed by atoms with Gasteiger partial charge in [0.25, 0.3) is 11.8 Å². The predicted octanol–water partition coefficient (Wildman–Crippen LogP) is -7.86. The number of hydrogen-bond acceptors (Lipinski definition) is 36. The van der Waals surface area contributed by atoms with E-state index in [-0.39, 0.29) is 81.1 Å². The average Bonchev–Trinajstić information content (AvgIpc) is 0.787. The van der Waals surface area contributed by atoms with Crippen LogP contribution >= 0.6 is 0 Å². The molecule has 39 nitrogen and oxygen atoms in total. The number of carbonyl (C=O) groups excluding carboxylic acids is 7. The maximum absolute atomic E-state index is 13.9. The Balaban J connectivity index is 0.974. The molecule has 104 heavy (non-hydrogen) atoms. The second kappa shape index (κ2) is 41.1. The van der Waals surface area contributed by atoms with E-state index >= 15 is 0 Å². The molecule has 17 N–H and O–H groups in total. The van der Waals surface area contributed by atoms with Crippen molar-refractivity contribution in [1.82, 2.24) is 16.0 Å². The number of nitrogens with one attached hydrogen (secondary N) is 3. The normalized spacial score (nSPS) is 36.6. The predicted molar refractivity (Wildman–Crippen MR) is 341 cm³/mol. The van der Waals surface area contributed by atoms with Gasteiger partial charge in [-0.3, -0.25) is 33.6 Å². The molecule has 4 heterocycles. The topological polar surface area (TPSA) is 577 Å². The van der Waals surface area contributed by atoms with Crippen molar-refractivity contribution in [2.45, 2.75) is 212 Å². The van der Waals surface area contributed by atoms with Gasteiger partial charge in [-0.25, -0.2) is 0 Å². The van der Waals surface area contributed by atoms with E-state index in [1.54, 1.807) is 0 Å². The molecule has 3 amide bonds. The number of carbonyl (C=O) groups is 7. The second-order valence-corrected chi connectivity index (χ2v) is 26.0. The van der Waals surface area contributed by atoms with Gasteiger partial charge in [-0.1, -0.05) is 26.2 Å². The van der Waals surface area contributed by atoms with Crippen molar-refractivity contribution in [2.24, 2.45) is 23.7 Å². The van der Waals surface area contributed by atoms with Gasteiger partial charge in [0.1, 0.15) is 110 Å². The van der Waals surface area contributed by atoms with E-state index in [2.05, 4.69) is 16.0 Å². The Hall–Kier alpha value is -5.65. The summed E-state index contributed by atoms with van der Waals surface area (Å²) in [5.41, 5.74) is -0.276. The highest BCUT2D eigenvalue weighted by Gasteiger charge is 2.54. The van der Waals surface area contributed by atoms with Crippen LogP contribution in [-0.2, 0) is 90.3 Å². The average molecular weight is 1500 g/mol.